The molecule has 0 aromatic carbocycles. The molecule has 2 heterocycles. The topological polar surface area (TPSA) is 28.5 Å². The molecule has 1 saturated heterocycles. The van der Waals surface area contributed by atoms with Crippen molar-refractivity contribution in [2.75, 3.05) is 33.2 Å². The first-order valence-electron chi connectivity index (χ1n) is 7.18. The largest absolute Gasteiger partial charge is 0.357 e. The third-order valence-corrected chi connectivity index (χ3v) is 4.00. The number of likely N-dealkylation sites (N-methyl/N-ethyl adjacent to an activating group) is 1. The molecule has 2 rings (SSSR count). The third-order valence-electron chi connectivity index (χ3n) is 4.00. The molecule has 1 unspecified atom stereocenters. The molecule has 1 aliphatic heterocycles. The molecule has 1 aromatic heterocycles. The number of hydrogen-bond donors (Lipinski definition) is 0. The highest BCUT2D eigenvalue weighted by molar-refractivity contribution is 5.97. The van der Waals surface area contributed by atoms with Crippen molar-refractivity contribution in [3.8, 4) is 0 Å². The minimum absolute atomic E-state index is 0.239. The molecule has 0 spiro atoms. The average Bonchev–Trinajstić information content (AvgIpc) is 2.73. The molecule has 4 nitrogen and oxygen atoms in total. The Morgan fingerprint density at radius 3 is 2.79 bits per heavy atom. The van der Waals surface area contributed by atoms with Crippen molar-refractivity contribution in [1.29, 1.82) is 0 Å². The first-order valence-corrected chi connectivity index (χ1v) is 7.18. The zero-order chi connectivity index (χ0) is 13.8. The molecule has 4 heteroatoms. The van der Waals surface area contributed by atoms with Crippen LogP contribution in [0, 0.1) is 0 Å². The maximum Gasteiger partial charge on any atom is 0.178 e. The average molecular weight is 263 g/mol. The van der Waals surface area contributed by atoms with Crippen LogP contribution in [0.5, 0.6) is 0 Å². The zero-order valence-corrected chi connectivity index (χ0v) is 12.3. The van der Waals surface area contributed by atoms with Crippen molar-refractivity contribution in [2.24, 2.45) is 7.05 Å². The van der Waals surface area contributed by atoms with E-state index in [2.05, 4.69) is 23.8 Å². The number of carbonyl (C=O) groups is 1. The van der Waals surface area contributed by atoms with Gasteiger partial charge in [0.05, 0.1) is 6.54 Å². The van der Waals surface area contributed by atoms with Crippen LogP contribution < -0.4 is 0 Å². The fraction of sp³-hybridized carbons (Fsp3) is 0.667. The molecule has 19 heavy (non-hydrogen) atoms. The first-order chi connectivity index (χ1) is 9.10. The lowest BCUT2D eigenvalue weighted by atomic mass is 10.1. The van der Waals surface area contributed by atoms with Gasteiger partial charge in [0.25, 0.3) is 0 Å². The maximum absolute atomic E-state index is 12.3. The molecule has 1 aromatic rings. The lowest BCUT2D eigenvalue weighted by molar-refractivity contribution is 0.0888. The van der Waals surface area contributed by atoms with Crippen molar-refractivity contribution >= 4 is 5.78 Å². The van der Waals surface area contributed by atoms with Crippen molar-refractivity contribution < 1.29 is 4.79 Å². The molecule has 0 bridgehead atoms. The Balaban J connectivity index is 2.01. The summed E-state index contributed by atoms with van der Waals surface area (Å²) in [7, 11) is 4.12. The van der Waals surface area contributed by atoms with Gasteiger partial charge in [0, 0.05) is 44.1 Å². The molecule has 0 aliphatic carbocycles. The third kappa shape index (κ3) is 3.67. The monoisotopic (exact) mass is 263 g/mol. The Bertz CT molecular complexity index is 427. The predicted molar refractivity (Wildman–Crippen MR) is 77.5 cm³/mol. The number of hydrogen-bond acceptors (Lipinski definition) is 3. The normalized spacial score (nSPS) is 22.4. The Hall–Kier alpha value is -1.13. The van der Waals surface area contributed by atoms with Crippen LogP contribution in [0.3, 0.4) is 0 Å². The quantitative estimate of drug-likeness (QED) is 0.773. The van der Waals surface area contributed by atoms with E-state index in [9.17, 15) is 4.79 Å². The van der Waals surface area contributed by atoms with E-state index < -0.39 is 0 Å². The van der Waals surface area contributed by atoms with E-state index in [4.69, 9.17) is 0 Å². The van der Waals surface area contributed by atoms with E-state index >= 15 is 0 Å². The highest BCUT2D eigenvalue weighted by Gasteiger charge is 2.24. The van der Waals surface area contributed by atoms with Crippen LogP contribution in [0.15, 0.2) is 18.5 Å². The summed E-state index contributed by atoms with van der Waals surface area (Å²) < 4.78 is 1.93. The van der Waals surface area contributed by atoms with Crippen molar-refractivity contribution in [1.82, 2.24) is 14.4 Å². The molecule has 106 valence electrons. The lowest BCUT2D eigenvalue weighted by Crippen LogP contribution is -2.42. The Morgan fingerprint density at radius 1 is 1.37 bits per heavy atom. The van der Waals surface area contributed by atoms with Gasteiger partial charge in [-0.2, -0.15) is 0 Å². The van der Waals surface area contributed by atoms with Gasteiger partial charge < -0.3 is 9.47 Å². The van der Waals surface area contributed by atoms with E-state index in [1.54, 1.807) is 0 Å². The van der Waals surface area contributed by atoms with Gasteiger partial charge in [0.2, 0.25) is 0 Å². The second-order valence-corrected chi connectivity index (χ2v) is 5.64. The molecular formula is C15H25N3O. The van der Waals surface area contributed by atoms with E-state index in [1.165, 1.54) is 0 Å². The number of carbonyl (C=O) groups excluding carboxylic acids is 1. The summed E-state index contributed by atoms with van der Waals surface area (Å²) in [5, 5.41) is 0. The summed E-state index contributed by atoms with van der Waals surface area (Å²) in [5.41, 5.74) is 0.829. The lowest BCUT2D eigenvalue weighted by Gasteiger charge is -2.29. The minimum atomic E-state index is 0.239. The summed E-state index contributed by atoms with van der Waals surface area (Å²) in [6, 6.07) is 2.41. The highest BCUT2D eigenvalue weighted by atomic mass is 16.1. The summed E-state index contributed by atoms with van der Waals surface area (Å²) in [6.45, 7) is 5.99. The molecule has 0 saturated carbocycles. The van der Waals surface area contributed by atoms with E-state index in [1.807, 2.05) is 30.1 Å². The van der Waals surface area contributed by atoms with Crippen molar-refractivity contribution in [2.45, 2.75) is 25.8 Å². The zero-order valence-electron chi connectivity index (χ0n) is 12.3. The standard InChI is InChI=1S/C15H25N3O/c1-4-14-11-16(2)7-5-8-18(14)12-15(19)13-6-9-17(3)10-13/h6,9-10,14H,4-5,7-8,11-12H2,1-3H3. The number of nitrogens with zero attached hydrogens (tertiary/aromatic N) is 3. The second kappa shape index (κ2) is 6.35. The summed E-state index contributed by atoms with van der Waals surface area (Å²) in [5.74, 6) is 0.239. The van der Waals surface area contributed by atoms with Crippen LogP contribution in [0.25, 0.3) is 0 Å². The smallest absolute Gasteiger partial charge is 0.178 e. The van der Waals surface area contributed by atoms with Crippen LogP contribution in [-0.4, -0.2) is 59.4 Å². The van der Waals surface area contributed by atoms with Gasteiger partial charge >= 0.3 is 0 Å². The molecule has 1 aliphatic rings. The van der Waals surface area contributed by atoms with E-state index in [0.717, 1.165) is 38.0 Å². The SMILES string of the molecule is CCC1CN(C)CCCN1CC(=O)c1ccn(C)c1. The number of Topliss-reactive ketones (excluding diaryl/α,β-unsaturated/α-hetero) is 1. The number of ketones is 1. The minimum Gasteiger partial charge on any atom is -0.357 e. The van der Waals surface area contributed by atoms with Crippen LogP contribution >= 0.6 is 0 Å². The van der Waals surface area contributed by atoms with Crippen LogP contribution in [0.1, 0.15) is 30.1 Å². The van der Waals surface area contributed by atoms with Gasteiger partial charge in [-0.25, -0.2) is 0 Å². The Morgan fingerprint density at radius 2 is 2.16 bits per heavy atom. The number of aryl methyl sites for hydroxylation is 1. The molecular weight excluding hydrogens is 238 g/mol. The van der Waals surface area contributed by atoms with Crippen LogP contribution in [0.4, 0.5) is 0 Å². The molecule has 1 atom stereocenters. The predicted octanol–water partition coefficient (Wildman–Crippen LogP) is 1.62. The highest BCUT2D eigenvalue weighted by Crippen LogP contribution is 2.13. The Labute approximate surface area is 116 Å². The Kier molecular flexibility index (Phi) is 4.77. The number of rotatable bonds is 4. The molecule has 0 amide bonds. The van der Waals surface area contributed by atoms with Crippen LogP contribution in [-0.2, 0) is 7.05 Å². The molecule has 0 N–H and O–H groups in total. The fourth-order valence-corrected chi connectivity index (χ4v) is 2.83. The van der Waals surface area contributed by atoms with E-state index in [-0.39, 0.29) is 5.78 Å². The van der Waals surface area contributed by atoms with Gasteiger partial charge in [-0.3, -0.25) is 9.69 Å². The molecule has 1 fully saturated rings. The van der Waals surface area contributed by atoms with Crippen LogP contribution in [0.2, 0.25) is 0 Å². The fourth-order valence-electron chi connectivity index (χ4n) is 2.83. The van der Waals surface area contributed by atoms with Gasteiger partial charge in [-0.1, -0.05) is 6.92 Å². The second-order valence-electron chi connectivity index (χ2n) is 5.64. The van der Waals surface area contributed by atoms with Gasteiger partial charge in [0.15, 0.2) is 5.78 Å². The van der Waals surface area contributed by atoms with Gasteiger partial charge in [-0.15, -0.1) is 0 Å². The van der Waals surface area contributed by atoms with Gasteiger partial charge in [-0.05, 0) is 32.5 Å². The van der Waals surface area contributed by atoms with Gasteiger partial charge in [0.1, 0.15) is 0 Å². The summed E-state index contributed by atoms with van der Waals surface area (Å²) in [4.78, 5) is 17.0. The maximum atomic E-state index is 12.3. The van der Waals surface area contributed by atoms with Crippen molar-refractivity contribution in [3.63, 3.8) is 0 Å². The summed E-state index contributed by atoms with van der Waals surface area (Å²) >= 11 is 0. The molecule has 0 radical (unpaired) electrons. The number of aromatic nitrogens is 1. The first kappa shape index (κ1) is 14.3. The summed E-state index contributed by atoms with van der Waals surface area (Å²) in [6.07, 6.45) is 6.09. The van der Waals surface area contributed by atoms with E-state index in [0.29, 0.717) is 12.6 Å². The van der Waals surface area contributed by atoms with Crippen molar-refractivity contribution in [3.05, 3.63) is 24.0 Å².